The highest BCUT2D eigenvalue weighted by molar-refractivity contribution is 5.91. The van der Waals surface area contributed by atoms with Crippen LogP contribution in [0.5, 0.6) is 0 Å². The van der Waals surface area contributed by atoms with Crippen LogP contribution in [-0.2, 0) is 19.2 Å². The molecule has 264 valence electrons. The molecule has 0 saturated heterocycles. The number of aliphatic imine (C=N–C) groups is 2. The molecule has 0 bridgehead atoms. The number of nitrogens with two attached hydrogens (primary N) is 4. The number of amides is 2. The van der Waals surface area contributed by atoms with Gasteiger partial charge in [0.2, 0.25) is 11.8 Å². The molecule has 18 N–H and O–H groups in total. The lowest BCUT2D eigenvalue weighted by Crippen LogP contribution is -2.40. The van der Waals surface area contributed by atoms with Crippen molar-refractivity contribution in [3.8, 4) is 0 Å². The van der Waals surface area contributed by atoms with Crippen LogP contribution < -0.4 is 22.9 Å². The van der Waals surface area contributed by atoms with Crippen molar-refractivity contribution < 1.29 is 51.3 Å². The van der Waals surface area contributed by atoms with E-state index in [2.05, 4.69) is 30.4 Å². The second kappa shape index (κ2) is 24.8. The van der Waals surface area contributed by atoms with E-state index in [0.717, 1.165) is 0 Å². The summed E-state index contributed by atoms with van der Waals surface area (Å²) in [5, 5.41) is 32.8. The number of carboxylic acid groups (broad SMARTS) is 2. The molecule has 0 aliphatic heterocycles. The van der Waals surface area contributed by atoms with E-state index in [0.29, 0.717) is 0 Å². The van der Waals surface area contributed by atoms with E-state index < -0.39 is 45.9 Å². The van der Waals surface area contributed by atoms with E-state index in [4.69, 9.17) is 33.1 Å². The summed E-state index contributed by atoms with van der Waals surface area (Å²) >= 11 is 0. The maximum absolute atomic E-state index is 10.9. The second-order valence-corrected chi connectivity index (χ2v) is 10.2. The first kappa shape index (κ1) is 59.8. The number of hydrogen-bond donors (Lipinski definition) is 6. The molecule has 20 nitrogen and oxygen atoms in total. The summed E-state index contributed by atoms with van der Waals surface area (Å²) in [6.45, 7) is 12.9. The minimum atomic E-state index is -1.12. The van der Waals surface area contributed by atoms with Crippen molar-refractivity contribution in [2.75, 3.05) is 13.1 Å². The lowest BCUT2D eigenvalue weighted by Gasteiger charge is -2.22. The molecular formula is C22H52Cl2N10O10. The highest BCUT2D eigenvalue weighted by Crippen LogP contribution is 2.17. The Bertz CT molecular complexity index is 926. The zero-order chi connectivity index (χ0) is 30.5. The van der Waals surface area contributed by atoms with Crippen LogP contribution in [-0.4, -0.2) is 103 Å². The number of azo groups is 2. The van der Waals surface area contributed by atoms with Crippen molar-refractivity contribution >= 4 is 60.2 Å². The molecule has 0 radical (unpaired) electrons. The fraction of sp³-hybridized carbons (Fsp3) is 0.727. The monoisotopic (exact) mass is 686 g/mol. The summed E-state index contributed by atoms with van der Waals surface area (Å²) in [5.74, 6) is -2.83. The number of rotatable bonds is 14. The number of aliphatic carboxylic acids is 2. The maximum Gasteiger partial charge on any atom is 0.305 e. The fourth-order valence-electron chi connectivity index (χ4n) is 1.63. The van der Waals surface area contributed by atoms with Gasteiger partial charge < -0.3 is 55.1 Å². The fourth-order valence-corrected chi connectivity index (χ4v) is 1.63. The van der Waals surface area contributed by atoms with Crippen LogP contribution in [0.25, 0.3) is 0 Å². The topological polar surface area (TPSA) is 413 Å². The summed E-state index contributed by atoms with van der Waals surface area (Å²) in [6.07, 6.45) is -0.245. The summed E-state index contributed by atoms with van der Waals surface area (Å²) in [7, 11) is 0. The predicted octanol–water partition coefficient (Wildman–Crippen LogP) is -1.83. The molecule has 0 spiro atoms. The first-order valence-electron chi connectivity index (χ1n) is 11.5. The van der Waals surface area contributed by atoms with Crippen molar-refractivity contribution in [1.29, 1.82) is 0 Å². The third-order valence-corrected chi connectivity index (χ3v) is 4.78. The van der Waals surface area contributed by atoms with Gasteiger partial charge in [0.05, 0.1) is 25.9 Å². The lowest BCUT2D eigenvalue weighted by molar-refractivity contribution is -0.137. The lowest BCUT2D eigenvalue weighted by atomic mass is 10.0. The van der Waals surface area contributed by atoms with Crippen LogP contribution in [0.15, 0.2) is 30.4 Å². The molecule has 0 unspecified atom stereocenters. The largest absolute Gasteiger partial charge is 0.481 e. The van der Waals surface area contributed by atoms with E-state index in [1.54, 1.807) is 27.7 Å². The van der Waals surface area contributed by atoms with E-state index in [1.165, 1.54) is 27.7 Å². The predicted molar refractivity (Wildman–Crippen MR) is 171 cm³/mol. The highest BCUT2D eigenvalue weighted by Gasteiger charge is 2.29. The molecule has 2 amide bonds. The highest BCUT2D eigenvalue weighted by atomic mass is 35.5. The quantitative estimate of drug-likeness (QED) is 0.0683. The zero-order valence-electron chi connectivity index (χ0n) is 26.2. The van der Waals surface area contributed by atoms with Gasteiger partial charge >= 0.3 is 11.9 Å². The van der Waals surface area contributed by atoms with Crippen LogP contribution in [0.1, 0.15) is 68.2 Å². The Morgan fingerprint density at radius 3 is 0.886 bits per heavy atom. The van der Waals surface area contributed by atoms with Gasteiger partial charge in [-0.25, -0.2) is 0 Å². The minimum Gasteiger partial charge on any atom is -0.481 e. The average Bonchev–Trinajstić information content (AvgIpc) is 2.76. The molecule has 0 aromatic carbocycles. The first-order valence-corrected chi connectivity index (χ1v) is 11.5. The molecule has 0 aliphatic rings. The van der Waals surface area contributed by atoms with Gasteiger partial charge in [-0.05, 0) is 55.4 Å². The summed E-state index contributed by atoms with van der Waals surface area (Å²) in [5.41, 5.74) is 17.7. The van der Waals surface area contributed by atoms with Gasteiger partial charge in [-0.3, -0.25) is 29.2 Å². The van der Waals surface area contributed by atoms with Crippen LogP contribution in [0.2, 0.25) is 0 Å². The molecule has 0 aromatic heterocycles. The Hall–Kier alpha value is -3.56. The molecule has 0 fully saturated rings. The molecule has 0 rings (SSSR count). The van der Waals surface area contributed by atoms with Gasteiger partial charge in [0.15, 0.2) is 11.1 Å². The van der Waals surface area contributed by atoms with Gasteiger partial charge in [0, 0.05) is 0 Å². The van der Waals surface area contributed by atoms with Gasteiger partial charge in [0.25, 0.3) is 0 Å². The number of nitrogens with zero attached hydrogens (tertiary/aromatic N) is 6. The Labute approximate surface area is 268 Å². The summed E-state index contributed by atoms with van der Waals surface area (Å²) in [4.78, 5) is 50.6. The van der Waals surface area contributed by atoms with Crippen LogP contribution in [0.3, 0.4) is 0 Å². The molecule has 0 atom stereocenters. The third-order valence-electron chi connectivity index (χ3n) is 4.78. The third kappa shape index (κ3) is 25.0. The van der Waals surface area contributed by atoms with Gasteiger partial charge in [-0.2, -0.15) is 20.5 Å². The average molecular weight is 688 g/mol. The van der Waals surface area contributed by atoms with E-state index in [-0.39, 0.29) is 84.3 Å². The number of hydrogen-bond acceptors (Lipinski definition) is 10. The minimum absolute atomic E-state index is 0. The number of carboxylic acids is 2. The van der Waals surface area contributed by atoms with Crippen molar-refractivity contribution in [1.82, 2.24) is 0 Å². The number of amidine groups is 2. The van der Waals surface area contributed by atoms with E-state index in [1.807, 2.05) is 0 Å². The molecule has 0 saturated carbocycles. The Kier molecular flexibility index (Phi) is 33.7. The van der Waals surface area contributed by atoms with Crippen molar-refractivity contribution in [3.63, 3.8) is 0 Å². The van der Waals surface area contributed by atoms with Crippen LogP contribution >= 0.6 is 24.8 Å². The summed E-state index contributed by atoms with van der Waals surface area (Å²) in [6, 6.07) is 0. The van der Waals surface area contributed by atoms with Crippen LogP contribution in [0, 0.1) is 0 Å². The summed E-state index contributed by atoms with van der Waals surface area (Å²) < 4.78 is 0. The van der Waals surface area contributed by atoms with Crippen molar-refractivity contribution in [2.45, 2.75) is 90.4 Å². The molecule has 0 aliphatic carbocycles. The second-order valence-electron chi connectivity index (χ2n) is 10.2. The number of carbonyl (C=O) groups excluding carboxylic acids is 2. The van der Waals surface area contributed by atoms with Crippen molar-refractivity contribution in [2.24, 2.45) is 53.4 Å². The SMILES string of the molecule is CC(C)(N=NC(C)(C)C(N)=NCCC(=O)O)C(N)=NCCC(=O)O.CC(C)(N=NC(C)(C)C(N)=O)C(N)=O.Cl.Cl.O.O.O.O. The zero-order valence-corrected chi connectivity index (χ0v) is 27.8. The van der Waals surface area contributed by atoms with Gasteiger partial charge in [0.1, 0.15) is 22.7 Å². The molecule has 0 aromatic rings. The number of halogens is 2. The Morgan fingerprint density at radius 2 is 0.705 bits per heavy atom. The van der Waals surface area contributed by atoms with Gasteiger partial charge in [-0.1, -0.05) is 0 Å². The first-order chi connectivity index (χ1) is 17.0. The smallest absolute Gasteiger partial charge is 0.305 e. The van der Waals surface area contributed by atoms with Crippen LogP contribution in [0.4, 0.5) is 0 Å². The normalized spacial score (nSPS) is 11.9. The van der Waals surface area contributed by atoms with E-state index >= 15 is 0 Å². The molecule has 0 heterocycles. The van der Waals surface area contributed by atoms with Crippen molar-refractivity contribution in [3.05, 3.63) is 0 Å². The number of carbonyl (C=O) groups is 4. The van der Waals surface area contributed by atoms with Gasteiger partial charge in [-0.15, -0.1) is 24.8 Å². The standard InChI is InChI=1S/C14H26N6O4.C8H16N4O2.2ClH.4H2O/c1-13(2,11(15)17-7-5-9(21)22)19-20-14(3,4)12(16)18-8-6-10(23)24;1-7(2,5(9)13)11-12-8(3,4)6(10)14;;;;;;/h5-8H2,1-4H3,(H2,15,17)(H2,16,18)(H,21,22)(H,23,24);1-4H3,(H2,9,13)(H2,10,14);2*1H;4*1H2. The Morgan fingerprint density at radius 1 is 0.500 bits per heavy atom. The Balaban J connectivity index is -0.0000000950. The number of primary amides is 2. The molecular weight excluding hydrogens is 635 g/mol. The maximum atomic E-state index is 10.9. The molecule has 44 heavy (non-hydrogen) atoms. The van der Waals surface area contributed by atoms with E-state index in [9.17, 15) is 19.2 Å². The molecule has 22 heteroatoms.